The molecule has 0 aliphatic rings. The fraction of sp³-hybridized carbons (Fsp3) is 0.176. The Labute approximate surface area is 125 Å². The number of pyridine rings is 1. The lowest BCUT2D eigenvalue weighted by molar-refractivity contribution is -0.570. The third kappa shape index (κ3) is 3.11. The van der Waals surface area contributed by atoms with Crippen LogP contribution in [0.5, 0.6) is 0 Å². The van der Waals surface area contributed by atoms with Crippen LogP contribution in [-0.2, 0) is 0 Å². The molecule has 0 radical (unpaired) electrons. The highest BCUT2D eigenvalue weighted by atomic mass is 16.2. The van der Waals surface area contributed by atoms with Crippen molar-refractivity contribution in [2.45, 2.75) is 0 Å². The maximum absolute atomic E-state index is 12.6. The Kier molecular flexibility index (Phi) is 4.38. The standard InChI is InChI=1S/C17H20N3O/c1-5-20-13-7-6-8-16(20)17(21)19(4)15-11-9-14(10-12-15)18(2)3/h5-13H,1H2,2-4H3/q+1. The minimum atomic E-state index is -0.0758. The van der Waals surface area contributed by atoms with Crippen molar-refractivity contribution in [3.8, 4) is 0 Å². The predicted molar refractivity (Wildman–Crippen MR) is 86.5 cm³/mol. The average molecular weight is 282 g/mol. The molecule has 1 aromatic carbocycles. The molecule has 108 valence electrons. The van der Waals surface area contributed by atoms with E-state index in [1.165, 1.54) is 0 Å². The Bertz CT molecular complexity index is 647. The van der Waals surface area contributed by atoms with Gasteiger partial charge in [0.25, 0.3) is 5.69 Å². The first kappa shape index (κ1) is 14.8. The van der Waals surface area contributed by atoms with Crippen LogP contribution in [0.3, 0.4) is 0 Å². The summed E-state index contributed by atoms with van der Waals surface area (Å²) in [7, 11) is 5.75. The van der Waals surface area contributed by atoms with E-state index in [1.54, 1.807) is 28.8 Å². The monoisotopic (exact) mass is 282 g/mol. The molecule has 1 aromatic heterocycles. The average Bonchev–Trinajstić information content (AvgIpc) is 2.53. The molecule has 1 amide bonds. The van der Waals surface area contributed by atoms with Gasteiger partial charge in [0.05, 0.1) is 0 Å². The molecule has 1 heterocycles. The van der Waals surface area contributed by atoms with Crippen molar-refractivity contribution in [3.63, 3.8) is 0 Å². The zero-order valence-corrected chi connectivity index (χ0v) is 12.7. The lowest BCUT2D eigenvalue weighted by Gasteiger charge is -2.18. The molecule has 4 heteroatoms. The fourth-order valence-corrected chi connectivity index (χ4v) is 2.06. The molecular weight excluding hydrogens is 262 g/mol. The van der Waals surface area contributed by atoms with E-state index in [1.807, 2.05) is 61.6 Å². The van der Waals surface area contributed by atoms with E-state index in [-0.39, 0.29) is 5.91 Å². The van der Waals surface area contributed by atoms with E-state index >= 15 is 0 Å². The molecule has 2 rings (SSSR count). The largest absolute Gasteiger partial charge is 0.378 e. The van der Waals surface area contributed by atoms with Gasteiger partial charge in [0.2, 0.25) is 0 Å². The van der Waals surface area contributed by atoms with E-state index in [0.29, 0.717) is 5.69 Å². The predicted octanol–water partition coefficient (Wildman–Crippen LogP) is 2.42. The summed E-state index contributed by atoms with van der Waals surface area (Å²) in [6, 6.07) is 13.4. The molecule has 0 atom stereocenters. The third-order valence-electron chi connectivity index (χ3n) is 3.36. The van der Waals surface area contributed by atoms with Gasteiger partial charge in [-0.2, -0.15) is 4.57 Å². The van der Waals surface area contributed by atoms with Gasteiger partial charge in [0, 0.05) is 44.7 Å². The molecule has 21 heavy (non-hydrogen) atoms. The molecule has 0 bridgehead atoms. The summed E-state index contributed by atoms with van der Waals surface area (Å²) in [5.41, 5.74) is 2.53. The van der Waals surface area contributed by atoms with Crippen LogP contribution in [0.15, 0.2) is 55.2 Å². The van der Waals surface area contributed by atoms with E-state index in [4.69, 9.17) is 0 Å². The minimum Gasteiger partial charge on any atom is -0.378 e. The van der Waals surface area contributed by atoms with Gasteiger partial charge in [0.15, 0.2) is 12.4 Å². The number of amides is 1. The first-order chi connectivity index (χ1) is 10.0. The van der Waals surface area contributed by atoms with Crippen molar-refractivity contribution in [3.05, 3.63) is 60.9 Å². The number of hydrogen-bond acceptors (Lipinski definition) is 2. The molecule has 0 unspecified atom stereocenters. The zero-order valence-electron chi connectivity index (χ0n) is 12.7. The quantitative estimate of drug-likeness (QED) is 0.805. The SMILES string of the molecule is C=C[n+]1ccccc1C(=O)N(C)c1ccc(N(C)C)cc1. The summed E-state index contributed by atoms with van der Waals surface area (Å²) >= 11 is 0. The third-order valence-corrected chi connectivity index (χ3v) is 3.36. The van der Waals surface area contributed by atoms with E-state index in [0.717, 1.165) is 11.4 Å². The van der Waals surface area contributed by atoms with E-state index in [9.17, 15) is 4.79 Å². The number of nitrogens with zero attached hydrogens (tertiary/aromatic N) is 3. The van der Waals surface area contributed by atoms with Crippen molar-refractivity contribution in [2.75, 3.05) is 30.9 Å². The molecular formula is C17H20N3O+. The summed E-state index contributed by atoms with van der Waals surface area (Å²) in [6.45, 7) is 3.72. The van der Waals surface area contributed by atoms with E-state index < -0.39 is 0 Å². The van der Waals surface area contributed by atoms with Gasteiger partial charge >= 0.3 is 5.91 Å². The van der Waals surface area contributed by atoms with Crippen LogP contribution in [0.4, 0.5) is 11.4 Å². The molecule has 0 fully saturated rings. The summed E-state index contributed by atoms with van der Waals surface area (Å²) in [6.07, 6.45) is 3.43. The summed E-state index contributed by atoms with van der Waals surface area (Å²) in [5, 5.41) is 0. The summed E-state index contributed by atoms with van der Waals surface area (Å²) in [5.74, 6) is -0.0758. The Morgan fingerprint density at radius 3 is 2.24 bits per heavy atom. The van der Waals surface area contributed by atoms with Gasteiger partial charge in [-0.25, -0.2) is 0 Å². The molecule has 0 saturated heterocycles. The molecule has 0 aliphatic carbocycles. The highest BCUT2D eigenvalue weighted by Gasteiger charge is 2.22. The number of rotatable bonds is 4. The second-order valence-corrected chi connectivity index (χ2v) is 4.95. The van der Waals surface area contributed by atoms with Gasteiger partial charge < -0.3 is 9.80 Å². The summed E-state index contributed by atoms with van der Waals surface area (Å²) in [4.78, 5) is 16.2. The van der Waals surface area contributed by atoms with Crippen LogP contribution in [0.2, 0.25) is 0 Å². The van der Waals surface area contributed by atoms with Crippen LogP contribution in [0.25, 0.3) is 6.20 Å². The molecule has 0 saturated carbocycles. The lowest BCUT2D eigenvalue weighted by Crippen LogP contribution is -2.39. The Morgan fingerprint density at radius 1 is 1.05 bits per heavy atom. The van der Waals surface area contributed by atoms with Gasteiger partial charge in [-0.05, 0) is 36.9 Å². The lowest BCUT2D eigenvalue weighted by atomic mass is 10.2. The minimum absolute atomic E-state index is 0.0758. The first-order valence-electron chi connectivity index (χ1n) is 6.72. The van der Waals surface area contributed by atoms with Gasteiger partial charge in [-0.1, -0.05) is 0 Å². The van der Waals surface area contributed by atoms with Crippen molar-refractivity contribution in [2.24, 2.45) is 0 Å². The Balaban J connectivity index is 2.28. The Hall–Kier alpha value is -2.62. The molecule has 0 spiro atoms. The van der Waals surface area contributed by atoms with Gasteiger partial charge in [0.1, 0.15) is 0 Å². The van der Waals surface area contributed by atoms with Crippen molar-refractivity contribution in [1.29, 1.82) is 0 Å². The maximum atomic E-state index is 12.6. The second kappa shape index (κ2) is 6.22. The molecule has 0 N–H and O–H groups in total. The highest BCUT2D eigenvalue weighted by molar-refractivity contribution is 6.03. The maximum Gasteiger partial charge on any atom is 0.323 e. The second-order valence-electron chi connectivity index (χ2n) is 4.95. The van der Waals surface area contributed by atoms with Gasteiger partial charge in [-0.15, -0.1) is 0 Å². The number of hydrogen-bond donors (Lipinski definition) is 0. The van der Waals surface area contributed by atoms with Crippen molar-refractivity contribution in [1.82, 2.24) is 0 Å². The van der Waals surface area contributed by atoms with Crippen LogP contribution < -0.4 is 14.4 Å². The summed E-state index contributed by atoms with van der Waals surface area (Å²) < 4.78 is 1.72. The molecule has 0 aliphatic heterocycles. The smallest absolute Gasteiger partial charge is 0.323 e. The van der Waals surface area contributed by atoms with Crippen LogP contribution in [0, 0.1) is 0 Å². The highest BCUT2D eigenvalue weighted by Crippen LogP contribution is 2.19. The number of carbonyl (C=O) groups excluding carboxylic acids is 1. The van der Waals surface area contributed by atoms with E-state index in [2.05, 4.69) is 6.58 Å². The van der Waals surface area contributed by atoms with Gasteiger partial charge in [-0.3, -0.25) is 4.79 Å². The van der Waals surface area contributed by atoms with Crippen molar-refractivity contribution < 1.29 is 9.36 Å². The zero-order chi connectivity index (χ0) is 15.4. The van der Waals surface area contributed by atoms with Crippen molar-refractivity contribution >= 4 is 23.5 Å². The molecule has 4 nitrogen and oxygen atoms in total. The normalized spacial score (nSPS) is 10.0. The first-order valence-corrected chi connectivity index (χ1v) is 6.72. The van der Waals surface area contributed by atoms with Crippen LogP contribution in [-0.4, -0.2) is 27.1 Å². The number of anilines is 2. The number of carbonyl (C=O) groups is 1. The fourth-order valence-electron chi connectivity index (χ4n) is 2.06. The Morgan fingerprint density at radius 2 is 1.67 bits per heavy atom. The number of benzene rings is 1. The van der Waals surface area contributed by atoms with Crippen LogP contribution in [0.1, 0.15) is 10.5 Å². The topological polar surface area (TPSA) is 27.4 Å². The van der Waals surface area contributed by atoms with Crippen LogP contribution >= 0.6 is 0 Å². The number of aromatic nitrogens is 1. The molecule has 2 aromatic rings.